The van der Waals surface area contributed by atoms with Crippen molar-refractivity contribution < 1.29 is 26.7 Å². The van der Waals surface area contributed by atoms with Crippen molar-refractivity contribution in [3.8, 4) is 0 Å². The summed E-state index contributed by atoms with van der Waals surface area (Å²) in [5.41, 5.74) is -2.14. The monoisotopic (exact) mass is 370 g/mol. The van der Waals surface area contributed by atoms with E-state index in [1.165, 1.54) is 6.92 Å². The molecule has 0 spiro atoms. The number of thiophene rings is 1. The third kappa shape index (κ3) is 3.40. The molecule has 0 aliphatic heterocycles. The van der Waals surface area contributed by atoms with Crippen LogP contribution in [0.25, 0.3) is 10.2 Å². The first-order valence-electron chi connectivity index (χ1n) is 6.63. The van der Waals surface area contributed by atoms with Gasteiger partial charge in [-0.3, -0.25) is 18.7 Å². The number of aromatic nitrogens is 2. The molecule has 2 aromatic rings. The van der Waals surface area contributed by atoms with Gasteiger partial charge in [0.15, 0.2) is 6.29 Å². The van der Waals surface area contributed by atoms with Crippen molar-refractivity contribution >= 4 is 27.8 Å². The summed E-state index contributed by atoms with van der Waals surface area (Å²) in [6.07, 6.45) is -8.58. The molecule has 2 heterocycles. The number of carbonyl (C=O) groups is 1. The number of hydrogen-bond acceptors (Lipinski definition) is 4. The van der Waals surface area contributed by atoms with Gasteiger partial charge in [-0.05, 0) is 12.5 Å². The summed E-state index contributed by atoms with van der Waals surface area (Å²) in [5, 5.41) is -0.190. The third-order valence-corrected chi connectivity index (χ3v) is 4.62. The minimum atomic E-state index is -4.57. The summed E-state index contributed by atoms with van der Waals surface area (Å²) in [4.78, 5) is 35.4. The Kier molecular flexibility index (Phi) is 4.92. The topological polar surface area (TPSA) is 61.1 Å². The van der Waals surface area contributed by atoms with Crippen molar-refractivity contribution in [2.75, 3.05) is 0 Å². The molecule has 0 aromatic carbocycles. The van der Waals surface area contributed by atoms with Gasteiger partial charge in [-0.25, -0.2) is 13.6 Å². The molecule has 0 unspecified atom stereocenters. The molecule has 0 radical (unpaired) electrons. The lowest BCUT2D eigenvalue weighted by Crippen LogP contribution is -2.41. The van der Waals surface area contributed by atoms with Crippen molar-refractivity contribution in [1.82, 2.24) is 9.13 Å². The number of rotatable bonds is 5. The highest BCUT2D eigenvalue weighted by molar-refractivity contribution is 7.20. The van der Waals surface area contributed by atoms with Crippen LogP contribution in [0, 0.1) is 6.92 Å². The van der Waals surface area contributed by atoms with Crippen LogP contribution in [0.2, 0.25) is 0 Å². The Morgan fingerprint density at radius 1 is 1.21 bits per heavy atom. The zero-order valence-corrected chi connectivity index (χ0v) is 13.0. The maximum atomic E-state index is 12.6. The Morgan fingerprint density at radius 2 is 1.83 bits per heavy atom. The first kappa shape index (κ1) is 18.3. The second kappa shape index (κ2) is 6.46. The van der Waals surface area contributed by atoms with Gasteiger partial charge in [0.2, 0.25) is 0 Å². The highest BCUT2D eigenvalue weighted by atomic mass is 32.1. The molecule has 0 saturated heterocycles. The zero-order valence-electron chi connectivity index (χ0n) is 12.2. The van der Waals surface area contributed by atoms with Crippen LogP contribution >= 0.6 is 11.3 Å². The minimum Gasteiger partial charge on any atom is -0.297 e. The average Bonchev–Trinajstić information content (AvgIpc) is 2.79. The smallest absolute Gasteiger partial charge is 0.297 e. The molecular formula is C13H11F5N2O3S. The van der Waals surface area contributed by atoms with Crippen LogP contribution in [0.3, 0.4) is 0 Å². The van der Waals surface area contributed by atoms with E-state index >= 15 is 0 Å². The number of hydrogen-bond donors (Lipinski definition) is 0. The standard InChI is InChI=1S/C13H11F5N2O3S/c1-6-7(5-21)24-11-9(6)10(22)20(4-8(14)15)12(23)19(11)3-2-13(16,17)18/h5,8H,2-4H2,1H3. The summed E-state index contributed by atoms with van der Waals surface area (Å²) in [5.74, 6) is 0. The van der Waals surface area contributed by atoms with Crippen LogP contribution in [0.4, 0.5) is 22.0 Å². The molecule has 24 heavy (non-hydrogen) atoms. The van der Waals surface area contributed by atoms with Crippen molar-refractivity contribution in [2.45, 2.75) is 39.0 Å². The van der Waals surface area contributed by atoms with E-state index in [0.29, 0.717) is 22.2 Å². The number of aldehydes is 1. The Balaban J connectivity index is 2.80. The zero-order chi connectivity index (χ0) is 18.2. The Hall–Kier alpha value is -2.04. The average molecular weight is 370 g/mol. The Bertz CT molecular complexity index is 894. The molecule has 2 rings (SSSR count). The molecule has 132 valence electrons. The van der Waals surface area contributed by atoms with Crippen LogP contribution in [-0.2, 0) is 13.1 Å². The number of carbonyl (C=O) groups excluding carboxylic acids is 1. The second-order valence-electron chi connectivity index (χ2n) is 5.00. The first-order chi connectivity index (χ1) is 11.1. The number of fused-ring (bicyclic) bond motifs is 1. The molecule has 5 nitrogen and oxygen atoms in total. The molecule has 0 bridgehead atoms. The van der Waals surface area contributed by atoms with Crippen LogP contribution in [-0.4, -0.2) is 28.0 Å². The highest BCUT2D eigenvalue weighted by Gasteiger charge is 2.29. The molecule has 0 fully saturated rings. The largest absolute Gasteiger partial charge is 0.390 e. The fraction of sp³-hybridized carbons (Fsp3) is 0.462. The molecule has 0 saturated carbocycles. The quantitative estimate of drug-likeness (QED) is 0.600. The number of nitrogens with zero attached hydrogens (tertiary/aromatic N) is 2. The molecule has 0 aliphatic rings. The van der Waals surface area contributed by atoms with E-state index in [4.69, 9.17) is 0 Å². The van der Waals surface area contributed by atoms with Gasteiger partial charge in [0.05, 0.1) is 23.2 Å². The van der Waals surface area contributed by atoms with Gasteiger partial charge >= 0.3 is 11.9 Å². The Labute approximate surface area is 134 Å². The normalized spacial score (nSPS) is 12.3. The summed E-state index contributed by atoms with van der Waals surface area (Å²) in [7, 11) is 0. The number of halogens is 5. The van der Waals surface area contributed by atoms with Crippen molar-refractivity contribution in [3.63, 3.8) is 0 Å². The van der Waals surface area contributed by atoms with Gasteiger partial charge in [0, 0.05) is 6.54 Å². The van der Waals surface area contributed by atoms with E-state index in [0.717, 1.165) is 0 Å². The predicted octanol–water partition coefficient (Wildman–Crippen LogP) is 2.56. The summed E-state index contributed by atoms with van der Waals surface area (Å²) in [6, 6.07) is 0. The summed E-state index contributed by atoms with van der Waals surface area (Å²) >= 11 is 0.684. The molecule has 0 N–H and O–H groups in total. The van der Waals surface area contributed by atoms with Crippen LogP contribution in [0.1, 0.15) is 21.7 Å². The molecular weight excluding hydrogens is 359 g/mol. The van der Waals surface area contributed by atoms with Crippen molar-refractivity contribution in [1.29, 1.82) is 0 Å². The maximum absolute atomic E-state index is 12.6. The lowest BCUT2D eigenvalue weighted by atomic mass is 10.2. The lowest BCUT2D eigenvalue weighted by molar-refractivity contribution is -0.136. The molecule has 0 aliphatic carbocycles. The van der Waals surface area contributed by atoms with E-state index in [2.05, 4.69) is 0 Å². The summed E-state index contributed by atoms with van der Waals surface area (Å²) < 4.78 is 63.4. The van der Waals surface area contributed by atoms with E-state index < -0.39 is 43.4 Å². The Morgan fingerprint density at radius 3 is 2.33 bits per heavy atom. The predicted molar refractivity (Wildman–Crippen MR) is 77.1 cm³/mol. The number of alkyl halides is 5. The highest BCUT2D eigenvalue weighted by Crippen LogP contribution is 2.28. The lowest BCUT2D eigenvalue weighted by Gasteiger charge is -2.13. The minimum absolute atomic E-state index is 0.0528. The van der Waals surface area contributed by atoms with E-state index in [-0.39, 0.29) is 25.2 Å². The van der Waals surface area contributed by atoms with Gasteiger partial charge in [-0.2, -0.15) is 13.2 Å². The van der Waals surface area contributed by atoms with Crippen molar-refractivity contribution in [3.05, 3.63) is 31.3 Å². The van der Waals surface area contributed by atoms with Gasteiger partial charge in [0.1, 0.15) is 4.83 Å². The van der Waals surface area contributed by atoms with Crippen LogP contribution < -0.4 is 11.2 Å². The van der Waals surface area contributed by atoms with Gasteiger partial charge in [0.25, 0.3) is 12.0 Å². The molecule has 0 amide bonds. The van der Waals surface area contributed by atoms with E-state index in [1.807, 2.05) is 0 Å². The van der Waals surface area contributed by atoms with E-state index in [1.54, 1.807) is 0 Å². The fourth-order valence-electron chi connectivity index (χ4n) is 2.26. The summed E-state index contributed by atoms with van der Waals surface area (Å²) in [6.45, 7) is -0.693. The van der Waals surface area contributed by atoms with Crippen LogP contribution in [0.15, 0.2) is 9.59 Å². The maximum Gasteiger partial charge on any atom is 0.390 e. The van der Waals surface area contributed by atoms with Gasteiger partial charge < -0.3 is 0 Å². The van der Waals surface area contributed by atoms with Crippen LogP contribution in [0.5, 0.6) is 0 Å². The van der Waals surface area contributed by atoms with Crippen molar-refractivity contribution in [2.24, 2.45) is 0 Å². The third-order valence-electron chi connectivity index (χ3n) is 3.38. The fourth-order valence-corrected chi connectivity index (χ4v) is 3.39. The van der Waals surface area contributed by atoms with E-state index in [9.17, 15) is 36.3 Å². The molecule has 11 heteroatoms. The second-order valence-corrected chi connectivity index (χ2v) is 6.03. The first-order valence-corrected chi connectivity index (χ1v) is 7.45. The molecule has 2 aromatic heterocycles. The SMILES string of the molecule is Cc1c(C=O)sc2c1c(=O)n(CC(F)F)c(=O)n2CCC(F)(F)F. The van der Waals surface area contributed by atoms with Gasteiger partial charge in [-0.1, -0.05) is 0 Å². The molecule has 0 atom stereocenters. The van der Waals surface area contributed by atoms with Gasteiger partial charge in [-0.15, -0.1) is 11.3 Å². The number of aryl methyl sites for hydroxylation is 2.